The van der Waals surface area contributed by atoms with Gasteiger partial charge in [0.25, 0.3) is 0 Å². The molecule has 178 valence electrons. The molecule has 0 bridgehead atoms. The molecule has 0 aliphatic carbocycles. The van der Waals surface area contributed by atoms with Crippen molar-refractivity contribution in [2.75, 3.05) is 26.8 Å². The van der Waals surface area contributed by atoms with Gasteiger partial charge in [-0.15, -0.1) is 24.0 Å². The summed E-state index contributed by atoms with van der Waals surface area (Å²) in [5.41, 5.74) is 0.823. The second-order valence-corrected chi connectivity index (χ2v) is 8.50. The highest BCUT2D eigenvalue weighted by Crippen LogP contribution is 2.33. The van der Waals surface area contributed by atoms with E-state index in [1.165, 1.54) is 13.2 Å². The molecular formula is C22H36F2IN3O3. The molecular weight excluding hydrogens is 519 g/mol. The van der Waals surface area contributed by atoms with E-state index in [2.05, 4.69) is 41.1 Å². The van der Waals surface area contributed by atoms with Crippen LogP contribution in [0.2, 0.25) is 0 Å². The first-order valence-corrected chi connectivity index (χ1v) is 10.5. The maximum Gasteiger partial charge on any atom is 0.387 e. The van der Waals surface area contributed by atoms with E-state index in [0.29, 0.717) is 18.4 Å². The Labute approximate surface area is 201 Å². The zero-order valence-corrected chi connectivity index (χ0v) is 21.4. The number of benzene rings is 1. The smallest absolute Gasteiger partial charge is 0.387 e. The predicted molar refractivity (Wildman–Crippen MR) is 130 cm³/mol. The van der Waals surface area contributed by atoms with Crippen LogP contribution in [0.4, 0.5) is 8.78 Å². The minimum atomic E-state index is -2.91. The predicted octanol–water partition coefficient (Wildman–Crippen LogP) is 4.81. The van der Waals surface area contributed by atoms with Crippen molar-refractivity contribution in [1.82, 2.24) is 10.6 Å². The first kappa shape index (κ1) is 27.7. The molecule has 1 aliphatic heterocycles. The van der Waals surface area contributed by atoms with Crippen molar-refractivity contribution in [3.8, 4) is 11.5 Å². The number of nitrogens with one attached hydrogen (secondary N) is 2. The number of rotatable bonds is 8. The molecule has 1 aromatic rings. The molecule has 0 amide bonds. The Morgan fingerprint density at radius 1 is 1.26 bits per heavy atom. The highest BCUT2D eigenvalue weighted by Gasteiger charge is 2.35. The van der Waals surface area contributed by atoms with Gasteiger partial charge in [-0.05, 0) is 42.9 Å². The van der Waals surface area contributed by atoms with Crippen molar-refractivity contribution in [1.29, 1.82) is 0 Å². The van der Waals surface area contributed by atoms with Crippen molar-refractivity contribution < 1.29 is 23.0 Å². The second-order valence-electron chi connectivity index (χ2n) is 8.50. The SMILES string of the molecule is CCNC(=NCc1ccc(OC)c(OC(F)F)c1)NCC1CCCOC1C(C)(C)C.I. The molecule has 31 heavy (non-hydrogen) atoms. The monoisotopic (exact) mass is 555 g/mol. The summed E-state index contributed by atoms with van der Waals surface area (Å²) in [6.45, 7) is 8.32. The number of guanidine groups is 1. The summed E-state index contributed by atoms with van der Waals surface area (Å²) in [5, 5.41) is 6.65. The van der Waals surface area contributed by atoms with Crippen LogP contribution in [0, 0.1) is 11.3 Å². The molecule has 1 heterocycles. The maximum atomic E-state index is 12.6. The number of ether oxygens (including phenoxy) is 3. The number of aliphatic imine (C=N–C) groups is 1. The van der Waals surface area contributed by atoms with Gasteiger partial charge in [-0.3, -0.25) is 0 Å². The summed E-state index contributed by atoms with van der Waals surface area (Å²) < 4.78 is 41.0. The number of hydrogen-bond acceptors (Lipinski definition) is 4. The van der Waals surface area contributed by atoms with Gasteiger partial charge in [0.2, 0.25) is 0 Å². The van der Waals surface area contributed by atoms with Gasteiger partial charge in [0.1, 0.15) is 0 Å². The zero-order valence-electron chi connectivity index (χ0n) is 19.0. The number of halogens is 3. The Morgan fingerprint density at radius 3 is 2.61 bits per heavy atom. The minimum Gasteiger partial charge on any atom is -0.493 e. The lowest BCUT2D eigenvalue weighted by Crippen LogP contribution is -2.47. The zero-order chi connectivity index (χ0) is 22.1. The van der Waals surface area contributed by atoms with Gasteiger partial charge in [-0.2, -0.15) is 8.78 Å². The molecule has 1 aliphatic rings. The maximum absolute atomic E-state index is 12.6. The molecule has 1 fully saturated rings. The lowest BCUT2D eigenvalue weighted by atomic mass is 9.78. The Hall–Kier alpha value is -1.36. The first-order valence-electron chi connectivity index (χ1n) is 10.5. The Morgan fingerprint density at radius 2 is 2.00 bits per heavy atom. The summed E-state index contributed by atoms with van der Waals surface area (Å²) in [6.07, 6.45) is 2.37. The molecule has 0 radical (unpaired) electrons. The Kier molecular flexibility index (Phi) is 11.8. The van der Waals surface area contributed by atoms with Crippen LogP contribution in [0.5, 0.6) is 11.5 Å². The van der Waals surface area contributed by atoms with Crippen molar-refractivity contribution in [3.05, 3.63) is 23.8 Å². The van der Waals surface area contributed by atoms with Crippen LogP contribution >= 0.6 is 24.0 Å². The average Bonchev–Trinajstić information content (AvgIpc) is 2.69. The van der Waals surface area contributed by atoms with Crippen LogP contribution in [0.25, 0.3) is 0 Å². The van der Waals surface area contributed by atoms with E-state index in [9.17, 15) is 8.78 Å². The second kappa shape index (κ2) is 13.2. The van der Waals surface area contributed by atoms with E-state index in [1.54, 1.807) is 12.1 Å². The molecule has 0 aromatic heterocycles. The van der Waals surface area contributed by atoms with Crippen LogP contribution in [-0.2, 0) is 11.3 Å². The van der Waals surface area contributed by atoms with E-state index < -0.39 is 6.61 Å². The summed E-state index contributed by atoms with van der Waals surface area (Å²) in [5.74, 6) is 1.35. The van der Waals surface area contributed by atoms with Crippen molar-refractivity contribution in [2.45, 2.75) is 59.8 Å². The van der Waals surface area contributed by atoms with Gasteiger partial charge in [-0.25, -0.2) is 4.99 Å². The summed E-state index contributed by atoms with van der Waals surface area (Å²) in [4.78, 5) is 4.60. The number of hydrogen-bond donors (Lipinski definition) is 2. The fourth-order valence-electron chi connectivity index (χ4n) is 3.76. The van der Waals surface area contributed by atoms with Crippen LogP contribution in [-0.4, -0.2) is 45.5 Å². The van der Waals surface area contributed by atoms with E-state index in [4.69, 9.17) is 9.47 Å². The Bertz CT molecular complexity index is 699. The minimum absolute atomic E-state index is 0. The van der Waals surface area contributed by atoms with Crippen LogP contribution < -0.4 is 20.1 Å². The number of alkyl halides is 2. The number of methoxy groups -OCH3 is 1. The van der Waals surface area contributed by atoms with Crippen LogP contribution in [0.1, 0.15) is 46.1 Å². The molecule has 1 aromatic carbocycles. The third kappa shape index (κ3) is 8.96. The van der Waals surface area contributed by atoms with Crippen molar-refractivity contribution >= 4 is 29.9 Å². The van der Waals surface area contributed by atoms with Crippen LogP contribution in [0.3, 0.4) is 0 Å². The quantitative estimate of drug-likeness (QED) is 0.274. The molecule has 2 N–H and O–H groups in total. The van der Waals surface area contributed by atoms with Gasteiger partial charge in [-0.1, -0.05) is 26.8 Å². The molecule has 6 nitrogen and oxygen atoms in total. The van der Waals surface area contributed by atoms with Gasteiger partial charge >= 0.3 is 6.61 Å². The summed E-state index contributed by atoms with van der Waals surface area (Å²) in [7, 11) is 1.42. The topological polar surface area (TPSA) is 64.1 Å². The summed E-state index contributed by atoms with van der Waals surface area (Å²) >= 11 is 0. The fraction of sp³-hybridized carbons (Fsp3) is 0.682. The van der Waals surface area contributed by atoms with E-state index >= 15 is 0 Å². The van der Waals surface area contributed by atoms with Crippen molar-refractivity contribution in [3.63, 3.8) is 0 Å². The van der Waals surface area contributed by atoms with Gasteiger partial charge in [0, 0.05) is 25.6 Å². The molecule has 2 unspecified atom stereocenters. The normalized spacial score (nSPS) is 19.5. The highest BCUT2D eigenvalue weighted by molar-refractivity contribution is 14.0. The fourth-order valence-corrected chi connectivity index (χ4v) is 3.76. The highest BCUT2D eigenvalue weighted by atomic mass is 127. The first-order chi connectivity index (χ1) is 14.2. The molecule has 1 saturated heterocycles. The standard InChI is InChI=1S/C22H35F2N3O3.HI/c1-6-25-21(27-14-16-8-7-11-29-19(16)22(2,3)4)26-13-15-9-10-17(28-5)18(12-15)30-20(23)24;/h9-10,12,16,19-20H,6-8,11,13-14H2,1-5H3,(H2,25,26,27);1H. The lowest BCUT2D eigenvalue weighted by Gasteiger charge is -2.40. The van der Waals surface area contributed by atoms with E-state index in [1.807, 2.05) is 6.92 Å². The van der Waals surface area contributed by atoms with E-state index in [0.717, 1.165) is 38.1 Å². The molecule has 2 atom stereocenters. The summed E-state index contributed by atoms with van der Waals surface area (Å²) in [6, 6.07) is 4.92. The Balaban J connectivity index is 0.00000480. The van der Waals surface area contributed by atoms with Crippen molar-refractivity contribution in [2.24, 2.45) is 16.3 Å². The largest absolute Gasteiger partial charge is 0.493 e. The van der Waals surface area contributed by atoms with Gasteiger partial charge in [0.15, 0.2) is 17.5 Å². The average molecular weight is 555 g/mol. The molecule has 9 heteroatoms. The molecule has 0 saturated carbocycles. The number of nitrogens with zero attached hydrogens (tertiary/aromatic N) is 1. The lowest BCUT2D eigenvalue weighted by molar-refractivity contribution is -0.0835. The van der Waals surface area contributed by atoms with Gasteiger partial charge < -0.3 is 24.8 Å². The van der Waals surface area contributed by atoms with Crippen LogP contribution in [0.15, 0.2) is 23.2 Å². The third-order valence-electron chi connectivity index (χ3n) is 5.04. The molecule has 2 rings (SSSR count). The third-order valence-corrected chi connectivity index (χ3v) is 5.04. The molecule has 0 spiro atoms. The van der Waals surface area contributed by atoms with Gasteiger partial charge in [0.05, 0.1) is 19.8 Å². The van der Waals surface area contributed by atoms with E-state index in [-0.39, 0.29) is 47.0 Å².